The predicted molar refractivity (Wildman–Crippen MR) is 125 cm³/mol. The summed E-state index contributed by atoms with van der Waals surface area (Å²) in [6, 6.07) is 11.7. The molecule has 0 spiro atoms. The van der Waals surface area contributed by atoms with Crippen molar-refractivity contribution >= 4 is 46.6 Å². The summed E-state index contributed by atoms with van der Waals surface area (Å²) in [4.78, 5) is 29.0. The number of nitrogens with one attached hydrogen (secondary N) is 1. The lowest BCUT2D eigenvalue weighted by Crippen LogP contribution is -2.54. The number of thiocarbonyl (C=S) groups is 1. The van der Waals surface area contributed by atoms with Gasteiger partial charge in [0, 0.05) is 18.3 Å². The highest BCUT2D eigenvalue weighted by Crippen LogP contribution is 2.42. The number of halogens is 1. The number of benzene rings is 2. The molecule has 1 N–H and O–H groups in total. The quantitative estimate of drug-likeness (QED) is 0.430. The molecular weight excluding hydrogens is 413 g/mol. The standard InChI is InChI=1S/C24H24FN3O2S/c1-14-13-24(2,3)27(4)19-10-9-15(11-16(14)19)12-17-21(29)26-23(31)28(22(17)30)20-8-6-5-7-18(20)25/h5-12,14H,13H2,1-4H3,(H,26,29,31)/b17-12+. The molecule has 2 amide bonds. The minimum absolute atomic E-state index is 0.00585. The molecular formula is C24H24FN3O2S. The van der Waals surface area contributed by atoms with Crippen molar-refractivity contribution in [2.24, 2.45) is 0 Å². The first kappa shape index (κ1) is 21.2. The Bertz CT molecular complexity index is 1140. The second-order valence-corrected chi connectivity index (χ2v) is 9.09. The molecule has 31 heavy (non-hydrogen) atoms. The Morgan fingerprint density at radius 2 is 1.87 bits per heavy atom. The molecule has 2 aliphatic rings. The van der Waals surface area contributed by atoms with Crippen LogP contribution in [0, 0.1) is 5.82 Å². The maximum absolute atomic E-state index is 14.3. The molecule has 2 aliphatic heterocycles. The fraction of sp³-hybridized carbons (Fsp3) is 0.292. The summed E-state index contributed by atoms with van der Waals surface area (Å²) in [6.45, 7) is 6.61. The average Bonchev–Trinajstić information content (AvgIpc) is 2.70. The van der Waals surface area contributed by atoms with E-state index in [0.717, 1.165) is 22.6 Å². The van der Waals surface area contributed by atoms with Gasteiger partial charge in [-0.15, -0.1) is 0 Å². The van der Waals surface area contributed by atoms with Crippen molar-refractivity contribution in [3.05, 3.63) is 65.0 Å². The summed E-state index contributed by atoms with van der Waals surface area (Å²) in [6.07, 6.45) is 2.53. The average molecular weight is 438 g/mol. The maximum Gasteiger partial charge on any atom is 0.270 e. The van der Waals surface area contributed by atoms with Crippen LogP contribution in [0.15, 0.2) is 48.0 Å². The second kappa shape index (κ2) is 7.57. The number of anilines is 2. The molecule has 2 aromatic carbocycles. The van der Waals surface area contributed by atoms with Crippen molar-refractivity contribution in [1.82, 2.24) is 5.32 Å². The number of amides is 2. The molecule has 0 bridgehead atoms. The van der Waals surface area contributed by atoms with Gasteiger partial charge in [-0.25, -0.2) is 9.29 Å². The van der Waals surface area contributed by atoms with Gasteiger partial charge in [0.2, 0.25) is 0 Å². The third kappa shape index (κ3) is 3.63. The molecule has 5 nitrogen and oxygen atoms in total. The first-order valence-electron chi connectivity index (χ1n) is 10.1. The summed E-state index contributed by atoms with van der Waals surface area (Å²) in [5.41, 5.74) is 3.00. The molecule has 1 atom stereocenters. The van der Waals surface area contributed by atoms with E-state index in [4.69, 9.17) is 12.2 Å². The Hall–Kier alpha value is -3.06. The minimum atomic E-state index is -0.650. The lowest BCUT2D eigenvalue weighted by atomic mass is 9.80. The van der Waals surface area contributed by atoms with Crippen molar-refractivity contribution in [3.63, 3.8) is 0 Å². The molecule has 2 aromatic rings. The van der Waals surface area contributed by atoms with Crippen molar-refractivity contribution < 1.29 is 14.0 Å². The molecule has 1 unspecified atom stereocenters. The normalized spacial score (nSPS) is 21.9. The molecule has 4 rings (SSSR count). The van der Waals surface area contributed by atoms with Crippen LogP contribution in [0.25, 0.3) is 6.08 Å². The summed E-state index contributed by atoms with van der Waals surface area (Å²) in [5.74, 6) is -1.51. The number of hydrogen-bond donors (Lipinski definition) is 1. The summed E-state index contributed by atoms with van der Waals surface area (Å²) in [7, 11) is 2.08. The molecule has 1 saturated heterocycles. The van der Waals surface area contributed by atoms with Crippen LogP contribution in [0.4, 0.5) is 15.8 Å². The first-order valence-corrected chi connectivity index (χ1v) is 10.5. The van der Waals surface area contributed by atoms with E-state index in [9.17, 15) is 14.0 Å². The van der Waals surface area contributed by atoms with E-state index in [0.29, 0.717) is 5.92 Å². The molecule has 7 heteroatoms. The van der Waals surface area contributed by atoms with E-state index in [1.54, 1.807) is 12.1 Å². The third-order valence-electron chi connectivity index (χ3n) is 6.16. The van der Waals surface area contributed by atoms with E-state index in [-0.39, 0.29) is 21.9 Å². The molecule has 0 radical (unpaired) electrons. The lowest BCUT2D eigenvalue weighted by Gasteiger charge is -2.45. The van der Waals surface area contributed by atoms with Crippen molar-refractivity contribution in [3.8, 4) is 0 Å². The molecule has 160 valence electrons. The Balaban J connectivity index is 1.74. The van der Waals surface area contributed by atoms with Crippen molar-refractivity contribution in [2.75, 3.05) is 16.8 Å². The Morgan fingerprint density at radius 3 is 2.58 bits per heavy atom. The van der Waals surface area contributed by atoms with Gasteiger partial charge in [0.05, 0.1) is 5.69 Å². The Kier molecular flexibility index (Phi) is 5.17. The Morgan fingerprint density at radius 1 is 1.16 bits per heavy atom. The number of carbonyl (C=O) groups excluding carboxylic acids is 2. The largest absolute Gasteiger partial charge is 0.369 e. The summed E-state index contributed by atoms with van der Waals surface area (Å²) >= 11 is 5.14. The van der Waals surface area contributed by atoms with Crippen LogP contribution in [-0.4, -0.2) is 29.5 Å². The number of para-hydroxylation sites is 1. The number of rotatable bonds is 2. The van der Waals surface area contributed by atoms with Crippen LogP contribution in [0.3, 0.4) is 0 Å². The van der Waals surface area contributed by atoms with Crippen molar-refractivity contribution in [1.29, 1.82) is 0 Å². The molecule has 0 aromatic heterocycles. The fourth-order valence-corrected chi connectivity index (χ4v) is 4.64. The van der Waals surface area contributed by atoms with Crippen LogP contribution >= 0.6 is 12.2 Å². The van der Waals surface area contributed by atoms with Crippen LogP contribution in [0.5, 0.6) is 0 Å². The fourth-order valence-electron chi connectivity index (χ4n) is 4.36. The van der Waals surface area contributed by atoms with Gasteiger partial charge in [-0.1, -0.05) is 25.1 Å². The second-order valence-electron chi connectivity index (χ2n) is 8.70. The van der Waals surface area contributed by atoms with Gasteiger partial charge in [0.15, 0.2) is 5.11 Å². The van der Waals surface area contributed by atoms with Crippen molar-refractivity contribution in [2.45, 2.75) is 38.6 Å². The lowest BCUT2D eigenvalue weighted by molar-refractivity contribution is -0.122. The minimum Gasteiger partial charge on any atom is -0.369 e. The maximum atomic E-state index is 14.3. The zero-order chi connectivity index (χ0) is 22.5. The van der Waals surface area contributed by atoms with Gasteiger partial charge in [-0.05, 0) is 79.9 Å². The van der Waals surface area contributed by atoms with Crippen LogP contribution in [-0.2, 0) is 9.59 Å². The zero-order valence-electron chi connectivity index (χ0n) is 17.9. The van der Waals surface area contributed by atoms with Crippen LogP contribution in [0.1, 0.15) is 44.2 Å². The van der Waals surface area contributed by atoms with E-state index in [1.807, 2.05) is 18.2 Å². The van der Waals surface area contributed by atoms with Crippen LogP contribution < -0.4 is 15.1 Å². The molecule has 0 aliphatic carbocycles. The molecule has 1 fully saturated rings. The van der Waals surface area contributed by atoms with Gasteiger partial charge < -0.3 is 4.90 Å². The number of fused-ring (bicyclic) bond motifs is 1. The van der Waals surface area contributed by atoms with Gasteiger partial charge in [-0.3, -0.25) is 14.9 Å². The number of nitrogens with zero attached hydrogens (tertiary/aromatic N) is 2. The zero-order valence-corrected chi connectivity index (χ0v) is 18.7. The molecule has 0 saturated carbocycles. The summed E-state index contributed by atoms with van der Waals surface area (Å²) < 4.78 is 14.3. The van der Waals surface area contributed by atoms with E-state index in [2.05, 4.69) is 38.0 Å². The van der Waals surface area contributed by atoms with E-state index < -0.39 is 17.6 Å². The number of hydrogen-bond acceptors (Lipinski definition) is 4. The van der Waals surface area contributed by atoms with Gasteiger partial charge >= 0.3 is 0 Å². The predicted octanol–water partition coefficient (Wildman–Crippen LogP) is 4.38. The van der Waals surface area contributed by atoms with Gasteiger partial charge in [0.25, 0.3) is 11.8 Å². The van der Waals surface area contributed by atoms with Crippen LogP contribution in [0.2, 0.25) is 0 Å². The monoisotopic (exact) mass is 437 g/mol. The number of carbonyl (C=O) groups is 2. The topological polar surface area (TPSA) is 52.7 Å². The SMILES string of the molecule is CC1CC(C)(C)N(C)c2ccc(/C=C3\C(=O)NC(=S)N(c4ccccc4F)C3=O)cc21. The van der Waals surface area contributed by atoms with Gasteiger partial charge in [-0.2, -0.15) is 0 Å². The van der Waals surface area contributed by atoms with Gasteiger partial charge in [0.1, 0.15) is 11.4 Å². The molecule has 2 heterocycles. The highest BCUT2D eigenvalue weighted by Gasteiger charge is 2.36. The smallest absolute Gasteiger partial charge is 0.270 e. The first-order chi connectivity index (χ1) is 14.6. The highest BCUT2D eigenvalue weighted by molar-refractivity contribution is 7.80. The highest BCUT2D eigenvalue weighted by atomic mass is 32.1. The van der Waals surface area contributed by atoms with E-state index >= 15 is 0 Å². The Labute approximate surface area is 186 Å². The van der Waals surface area contributed by atoms with E-state index in [1.165, 1.54) is 23.8 Å². The third-order valence-corrected chi connectivity index (χ3v) is 6.45. The summed E-state index contributed by atoms with van der Waals surface area (Å²) in [5, 5.41) is 2.36.